The molecular formula is C7H9BrF3O. The molecular weight excluding hydrogens is 237 g/mol. The molecule has 0 aromatic rings. The summed E-state index contributed by atoms with van der Waals surface area (Å²) in [6.07, 6.45) is -0.578. The highest BCUT2D eigenvalue weighted by atomic mass is 79.9. The maximum atomic E-state index is 12.5. The first kappa shape index (κ1) is 10.3. The van der Waals surface area contributed by atoms with Gasteiger partial charge in [0.1, 0.15) is 0 Å². The van der Waals surface area contributed by atoms with Crippen LogP contribution in [0.15, 0.2) is 0 Å². The van der Waals surface area contributed by atoms with Gasteiger partial charge in [-0.3, -0.25) is 0 Å². The van der Waals surface area contributed by atoms with Crippen LogP contribution in [0.1, 0.15) is 19.3 Å². The van der Waals surface area contributed by atoms with E-state index in [2.05, 4.69) is 20.7 Å². The third kappa shape index (κ3) is 2.62. The lowest BCUT2D eigenvalue weighted by Crippen LogP contribution is -2.33. The maximum Gasteiger partial charge on any atom is 0.397 e. The van der Waals surface area contributed by atoms with Crippen LogP contribution in [0.2, 0.25) is 0 Å². The zero-order valence-electron chi connectivity index (χ0n) is 6.27. The van der Waals surface area contributed by atoms with Crippen LogP contribution >= 0.6 is 15.9 Å². The number of alkyl halides is 4. The Kier molecular flexibility index (Phi) is 3.40. The van der Waals surface area contributed by atoms with Crippen molar-refractivity contribution in [3.8, 4) is 0 Å². The number of hydrogen-bond donors (Lipinski definition) is 0. The Morgan fingerprint density at radius 2 is 2.25 bits per heavy atom. The van der Waals surface area contributed by atoms with Crippen LogP contribution in [0, 0.1) is 6.42 Å². The van der Waals surface area contributed by atoms with Gasteiger partial charge in [0.05, 0.1) is 6.10 Å². The average molecular weight is 246 g/mol. The van der Waals surface area contributed by atoms with Crippen molar-refractivity contribution >= 4 is 15.9 Å². The summed E-state index contributed by atoms with van der Waals surface area (Å²) < 4.78 is 41.5. The molecule has 2 unspecified atom stereocenters. The average Bonchev–Trinajstić information content (AvgIpc) is 2.38. The number of ether oxygens (including phenoxy) is 1. The minimum atomic E-state index is -3.71. The van der Waals surface area contributed by atoms with Gasteiger partial charge in [-0.05, 0) is 41.6 Å². The van der Waals surface area contributed by atoms with Crippen molar-refractivity contribution in [1.82, 2.24) is 0 Å². The lowest BCUT2D eigenvalue weighted by molar-refractivity contribution is -0.274. The maximum absolute atomic E-state index is 12.5. The van der Waals surface area contributed by atoms with Gasteiger partial charge in [0.15, 0.2) is 0 Å². The molecule has 0 N–H and O–H groups in total. The lowest BCUT2D eigenvalue weighted by atomic mass is 10.3. The van der Waals surface area contributed by atoms with Crippen LogP contribution in [0.3, 0.4) is 0 Å². The molecule has 1 radical (unpaired) electrons. The summed E-state index contributed by atoms with van der Waals surface area (Å²) >= 11 is 2.15. The van der Waals surface area contributed by atoms with Gasteiger partial charge < -0.3 is 4.74 Å². The van der Waals surface area contributed by atoms with Crippen molar-refractivity contribution in [2.24, 2.45) is 0 Å². The summed E-state index contributed by atoms with van der Waals surface area (Å²) in [6.45, 7) is 0. The first-order valence-corrected chi connectivity index (χ1v) is 4.59. The molecule has 71 valence electrons. The zero-order valence-corrected chi connectivity index (χ0v) is 7.86. The standard InChI is InChI=1S/C7H9BrF3O/c8-6(9)7(10,11)12-5-3-1-2-4-5/h1,5-6H,2-4H2. The molecule has 1 nitrogen and oxygen atoms in total. The summed E-state index contributed by atoms with van der Waals surface area (Å²) in [5, 5.41) is -2.43. The van der Waals surface area contributed by atoms with E-state index in [1.807, 2.05) is 6.42 Å². The normalized spacial score (nSPS) is 23.0. The molecule has 0 aromatic carbocycles. The second-order valence-electron chi connectivity index (χ2n) is 2.70. The molecule has 0 aromatic heterocycles. The Morgan fingerprint density at radius 3 is 2.67 bits per heavy atom. The molecule has 0 bridgehead atoms. The molecule has 0 saturated heterocycles. The van der Waals surface area contributed by atoms with E-state index in [-0.39, 0.29) is 0 Å². The van der Waals surface area contributed by atoms with Gasteiger partial charge in [-0.15, -0.1) is 0 Å². The number of halogens is 4. The van der Waals surface area contributed by atoms with Crippen LogP contribution in [0.4, 0.5) is 13.2 Å². The fraction of sp³-hybridized carbons (Fsp3) is 0.857. The molecule has 1 aliphatic rings. The second-order valence-corrected chi connectivity index (χ2v) is 3.51. The summed E-state index contributed by atoms with van der Waals surface area (Å²) in [7, 11) is 0. The van der Waals surface area contributed by atoms with Gasteiger partial charge in [-0.1, -0.05) is 0 Å². The second kappa shape index (κ2) is 3.96. The van der Waals surface area contributed by atoms with E-state index in [1.54, 1.807) is 0 Å². The summed E-state index contributed by atoms with van der Waals surface area (Å²) in [5.74, 6) is 0. The summed E-state index contributed by atoms with van der Waals surface area (Å²) in [5.41, 5.74) is 0. The third-order valence-corrected chi connectivity index (χ3v) is 2.23. The Hall–Kier alpha value is 0.230. The molecule has 12 heavy (non-hydrogen) atoms. The van der Waals surface area contributed by atoms with E-state index < -0.39 is 17.3 Å². The predicted molar refractivity (Wildman–Crippen MR) is 41.8 cm³/mol. The van der Waals surface area contributed by atoms with Gasteiger partial charge in [-0.25, -0.2) is 4.39 Å². The van der Waals surface area contributed by atoms with E-state index in [4.69, 9.17) is 0 Å². The lowest BCUT2D eigenvalue weighted by Gasteiger charge is -2.20. The molecule has 1 rings (SSSR count). The third-order valence-electron chi connectivity index (χ3n) is 1.70. The van der Waals surface area contributed by atoms with Crippen LogP contribution < -0.4 is 0 Å². The van der Waals surface area contributed by atoms with Gasteiger partial charge in [0.25, 0.3) is 0 Å². The highest BCUT2D eigenvalue weighted by Crippen LogP contribution is 2.32. The van der Waals surface area contributed by atoms with Crippen molar-refractivity contribution in [1.29, 1.82) is 0 Å². The van der Waals surface area contributed by atoms with Crippen LogP contribution in [-0.2, 0) is 4.74 Å². The van der Waals surface area contributed by atoms with Gasteiger partial charge in [-0.2, -0.15) is 8.78 Å². The first-order chi connectivity index (χ1) is 5.52. The summed E-state index contributed by atoms with van der Waals surface area (Å²) in [6, 6.07) is 0. The molecule has 1 aliphatic carbocycles. The number of hydrogen-bond acceptors (Lipinski definition) is 1. The molecule has 0 heterocycles. The molecule has 5 heteroatoms. The minimum Gasteiger partial charge on any atom is -0.314 e. The highest BCUT2D eigenvalue weighted by Gasteiger charge is 2.42. The van der Waals surface area contributed by atoms with Crippen molar-refractivity contribution in [3.63, 3.8) is 0 Å². The van der Waals surface area contributed by atoms with E-state index >= 15 is 0 Å². The van der Waals surface area contributed by atoms with Crippen LogP contribution in [0.5, 0.6) is 0 Å². The highest BCUT2D eigenvalue weighted by molar-refractivity contribution is 9.09. The molecule has 1 fully saturated rings. The SMILES string of the molecule is FC(Br)C(F)(F)OC1C[CH]CC1. The van der Waals surface area contributed by atoms with Gasteiger partial charge in [0, 0.05) is 0 Å². The smallest absolute Gasteiger partial charge is 0.314 e. The van der Waals surface area contributed by atoms with E-state index in [1.165, 1.54) is 0 Å². The molecule has 1 saturated carbocycles. The topological polar surface area (TPSA) is 9.23 Å². The van der Waals surface area contributed by atoms with Crippen molar-refractivity contribution in [2.75, 3.05) is 0 Å². The largest absolute Gasteiger partial charge is 0.397 e. The Balaban J connectivity index is 2.37. The minimum absolute atomic E-state index is 0.481. The Labute approximate surface area is 77.4 Å². The molecule has 0 amide bonds. The molecule has 0 spiro atoms. The van der Waals surface area contributed by atoms with Crippen LogP contribution in [0.25, 0.3) is 0 Å². The fourth-order valence-electron chi connectivity index (χ4n) is 1.11. The Bertz CT molecular complexity index is 146. The van der Waals surface area contributed by atoms with Crippen LogP contribution in [-0.4, -0.2) is 17.3 Å². The van der Waals surface area contributed by atoms with Gasteiger partial charge in [0.2, 0.25) is 5.08 Å². The van der Waals surface area contributed by atoms with Crippen molar-refractivity contribution < 1.29 is 17.9 Å². The van der Waals surface area contributed by atoms with E-state index in [9.17, 15) is 13.2 Å². The zero-order chi connectivity index (χ0) is 9.19. The quantitative estimate of drug-likeness (QED) is 0.695. The van der Waals surface area contributed by atoms with Gasteiger partial charge >= 0.3 is 6.11 Å². The molecule has 2 atom stereocenters. The first-order valence-electron chi connectivity index (χ1n) is 3.68. The Morgan fingerprint density at radius 1 is 1.58 bits per heavy atom. The summed E-state index contributed by atoms with van der Waals surface area (Å²) in [4.78, 5) is 0. The van der Waals surface area contributed by atoms with Crippen molar-refractivity contribution in [3.05, 3.63) is 6.42 Å². The van der Waals surface area contributed by atoms with E-state index in [0.29, 0.717) is 12.8 Å². The monoisotopic (exact) mass is 245 g/mol. The molecule has 0 aliphatic heterocycles. The fourth-order valence-corrected chi connectivity index (χ4v) is 1.21. The van der Waals surface area contributed by atoms with E-state index in [0.717, 1.165) is 6.42 Å². The van der Waals surface area contributed by atoms with Crippen molar-refractivity contribution in [2.45, 2.75) is 36.6 Å². The number of rotatable bonds is 3. The predicted octanol–water partition coefficient (Wildman–Crippen LogP) is 3.04.